The van der Waals surface area contributed by atoms with Crippen LogP contribution >= 0.6 is 0 Å². The highest BCUT2D eigenvalue weighted by Crippen LogP contribution is 2.32. The van der Waals surface area contributed by atoms with E-state index in [2.05, 4.69) is 10.5 Å². The van der Waals surface area contributed by atoms with Crippen molar-refractivity contribution in [2.75, 3.05) is 6.61 Å². The Labute approximate surface area is 189 Å². The fourth-order valence-electron chi connectivity index (χ4n) is 3.71. The molecular formula is C26H30N2O4. The van der Waals surface area contributed by atoms with Gasteiger partial charge in [0.2, 0.25) is 11.5 Å². The quantitative estimate of drug-likeness (QED) is 0.475. The smallest absolute Gasteiger partial charge is 0.354 e. The molecule has 32 heavy (non-hydrogen) atoms. The summed E-state index contributed by atoms with van der Waals surface area (Å²) >= 11 is 0. The van der Waals surface area contributed by atoms with Crippen LogP contribution in [-0.2, 0) is 25.6 Å². The summed E-state index contributed by atoms with van der Waals surface area (Å²) in [5.41, 5.74) is 1.29. The van der Waals surface area contributed by atoms with Gasteiger partial charge in [0, 0.05) is 18.9 Å². The van der Waals surface area contributed by atoms with Crippen LogP contribution in [0.15, 0.2) is 71.9 Å². The number of oxime groups is 1. The van der Waals surface area contributed by atoms with Gasteiger partial charge in [-0.1, -0.05) is 79.7 Å². The van der Waals surface area contributed by atoms with Gasteiger partial charge < -0.3 is 14.9 Å². The zero-order valence-electron chi connectivity index (χ0n) is 18.8. The lowest BCUT2D eigenvalue weighted by molar-refractivity contribution is -0.168. The number of nitrogens with zero attached hydrogens (tertiary/aromatic N) is 1. The largest absolute Gasteiger partial charge is 0.463 e. The zero-order valence-corrected chi connectivity index (χ0v) is 18.8. The fraction of sp³-hybridized carbons (Fsp3) is 0.346. The molecule has 1 amide bonds. The lowest BCUT2D eigenvalue weighted by atomic mass is 9.85. The van der Waals surface area contributed by atoms with Crippen LogP contribution in [0.3, 0.4) is 0 Å². The fourth-order valence-corrected chi connectivity index (χ4v) is 3.71. The predicted molar refractivity (Wildman–Crippen MR) is 125 cm³/mol. The van der Waals surface area contributed by atoms with Crippen LogP contribution in [0.4, 0.5) is 0 Å². The molecule has 1 N–H and O–H groups in total. The van der Waals surface area contributed by atoms with Gasteiger partial charge >= 0.3 is 5.97 Å². The van der Waals surface area contributed by atoms with Crippen molar-refractivity contribution >= 4 is 23.7 Å². The molecular weight excluding hydrogens is 404 g/mol. The maximum Gasteiger partial charge on any atom is 0.354 e. The summed E-state index contributed by atoms with van der Waals surface area (Å²) in [6.45, 7) is 6.01. The van der Waals surface area contributed by atoms with Gasteiger partial charge in [-0.05, 0) is 30.0 Å². The molecule has 6 nitrogen and oxygen atoms in total. The molecule has 0 saturated carbocycles. The first-order valence-corrected chi connectivity index (χ1v) is 10.9. The third kappa shape index (κ3) is 5.84. The van der Waals surface area contributed by atoms with E-state index in [-0.39, 0.29) is 30.9 Å². The Hall–Kier alpha value is -3.41. The third-order valence-corrected chi connectivity index (χ3v) is 5.33. The van der Waals surface area contributed by atoms with Crippen molar-refractivity contribution in [3.63, 3.8) is 0 Å². The van der Waals surface area contributed by atoms with Crippen molar-refractivity contribution in [1.29, 1.82) is 0 Å². The molecule has 1 aliphatic rings. The minimum atomic E-state index is -1.23. The number of hydrogen-bond acceptors (Lipinski definition) is 5. The highest BCUT2D eigenvalue weighted by atomic mass is 16.7. The van der Waals surface area contributed by atoms with Crippen molar-refractivity contribution in [2.24, 2.45) is 11.1 Å². The van der Waals surface area contributed by atoms with Gasteiger partial charge in [-0.2, -0.15) is 0 Å². The molecule has 0 bridgehead atoms. The molecule has 3 rings (SSSR count). The van der Waals surface area contributed by atoms with E-state index >= 15 is 0 Å². The number of benzene rings is 2. The summed E-state index contributed by atoms with van der Waals surface area (Å²) < 4.78 is 5.32. The molecule has 6 heteroatoms. The van der Waals surface area contributed by atoms with E-state index < -0.39 is 11.6 Å². The summed E-state index contributed by atoms with van der Waals surface area (Å²) in [4.78, 5) is 31.2. The molecule has 1 unspecified atom stereocenters. The minimum Gasteiger partial charge on any atom is -0.463 e. The Morgan fingerprint density at radius 2 is 1.78 bits per heavy atom. The Morgan fingerprint density at radius 1 is 1.12 bits per heavy atom. The molecule has 0 aromatic heterocycles. The van der Waals surface area contributed by atoms with Crippen molar-refractivity contribution in [3.8, 4) is 0 Å². The first kappa shape index (κ1) is 23.3. The number of hydrogen-bond donors (Lipinski definition) is 1. The molecule has 2 aromatic rings. The first-order valence-electron chi connectivity index (χ1n) is 10.9. The van der Waals surface area contributed by atoms with Crippen LogP contribution in [-0.4, -0.2) is 35.8 Å². The molecule has 0 saturated heterocycles. The Balaban J connectivity index is 1.74. The van der Waals surface area contributed by atoms with Crippen LogP contribution < -0.4 is 5.32 Å². The molecule has 168 valence electrons. The van der Waals surface area contributed by atoms with Crippen molar-refractivity contribution in [1.82, 2.24) is 5.32 Å². The van der Waals surface area contributed by atoms with E-state index in [0.717, 1.165) is 11.1 Å². The summed E-state index contributed by atoms with van der Waals surface area (Å²) in [7, 11) is 0. The summed E-state index contributed by atoms with van der Waals surface area (Å²) in [6.07, 6.45) is 3.86. The van der Waals surface area contributed by atoms with Gasteiger partial charge in [-0.25, -0.2) is 4.79 Å². The van der Waals surface area contributed by atoms with Crippen LogP contribution in [0.2, 0.25) is 0 Å². The molecule has 0 spiro atoms. The second-order valence-electron chi connectivity index (χ2n) is 8.20. The first-order chi connectivity index (χ1) is 15.4. The molecule has 2 aromatic carbocycles. The Morgan fingerprint density at radius 3 is 2.41 bits per heavy atom. The predicted octanol–water partition coefficient (Wildman–Crippen LogP) is 4.16. The topological polar surface area (TPSA) is 77.0 Å². The summed E-state index contributed by atoms with van der Waals surface area (Å²) in [5, 5.41) is 7.27. The number of amides is 1. The van der Waals surface area contributed by atoms with Crippen molar-refractivity contribution in [3.05, 3.63) is 77.9 Å². The normalized spacial score (nSPS) is 18.8. The van der Waals surface area contributed by atoms with Crippen LogP contribution in [0.1, 0.15) is 38.3 Å². The molecule has 1 heterocycles. The average Bonchev–Trinajstić information content (AvgIpc) is 3.22. The average molecular weight is 435 g/mol. The summed E-state index contributed by atoms with van der Waals surface area (Å²) in [6, 6.07) is 18.9. The maximum atomic E-state index is 12.9. The van der Waals surface area contributed by atoms with Crippen LogP contribution in [0.25, 0.3) is 6.08 Å². The minimum absolute atomic E-state index is 0.0566. The molecule has 1 aliphatic heterocycles. The van der Waals surface area contributed by atoms with Crippen LogP contribution in [0.5, 0.6) is 0 Å². The number of rotatable bonds is 9. The van der Waals surface area contributed by atoms with E-state index in [1.165, 1.54) is 6.08 Å². The number of carbonyl (C=O) groups is 2. The monoisotopic (exact) mass is 434 g/mol. The molecule has 0 radical (unpaired) electrons. The van der Waals surface area contributed by atoms with Gasteiger partial charge in [0.05, 0.1) is 18.4 Å². The highest BCUT2D eigenvalue weighted by Gasteiger charge is 2.49. The number of esters is 1. The zero-order chi connectivity index (χ0) is 23.0. The Bertz CT molecular complexity index is 970. The van der Waals surface area contributed by atoms with E-state index in [9.17, 15) is 9.59 Å². The maximum absolute atomic E-state index is 12.9. The molecule has 2 atom stereocenters. The van der Waals surface area contributed by atoms with Gasteiger partial charge in [-0.15, -0.1) is 0 Å². The van der Waals surface area contributed by atoms with E-state index in [0.29, 0.717) is 12.1 Å². The number of carbonyl (C=O) groups excluding carboxylic acids is 2. The van der Waals surface area contributed by atoms with Crippen molar-refractivity contribution in [2.45, 2.75) is 45.3 Å². The second kappa shape index (κ2) is 10.8. The second-order valence-corrected chi connectivity index (χ2v) is 8.20. The standard InChI is InChI=1S/C26H30N2O4/c1-4-31-25(30)26(17-21-13-9-6-10-14-21)18-22(28-32-26)24(19(2)3)27-23(29)16-15-20-11-7-5-8-12-20/h5-16,19,24H,4,17-18H2,1-3H3,(H,27,29)/t24-,26?/m0/s1. The van der Waals surface area contributed by atoms with Gasteiger partial charge in [0.1, 0.15) is 0 Å². The molecule has 0 fully saturated rings. The lowest BCUT2D eigenvalue weighted by Crippen LogP contribution is -2.47. The molecule has 0 aliphatic carbocycles. The SMILES string of the molecule is CCOC(=O)C1(Cc2ccccc2)CC([C@@H](NC(=O)C=Cc2ccccc2)C(C)C)=NO1. The lowest BCUT2D eigenvalue weighted by Gasteiger charge is -2.26. The van der Waals surface area contributed by atoms with Gasteiger partial charge in [0.25, 0.3) is 0 Å². The Kier molecular flexibility index (Phi) is 7.82. The van der Waals surface area contributed by atoms with E-state index in [1.54, 1.807) is 13.0 Å². The number of nitrogens with one attached hydrogen (secondary N) is 1. The number of ether oxygens (including phenoxy) is 1. The van der Waals surface area contributed by atoms with Crippen LogP contribution in [0, 0.1) is 5.92 Å². The third-order valence-electron chi connectivity index (χ3n) is 5.33. The van der Waals surface area contributed by atoms with E-state index in [4.69, 9.17) is 9.57 Å². The van der Waals surface area contributed by atoms with Gasteiger partial charge in [-0.3, -0.25) is 4.79 Å². The highest BCUT2D eigenvalue weighted by molar-refractivity contribution is 6.01. The van der Waals surface area contributed by atoms with E-state index in [1.807, 2.05) is 74.5 Å². The summed E-state index contributed by atoms with van der Waals surface area (Å²) in [5.74, 6) is -0.617. The van der Waals surface area contributed by atoms with Gasteiger partial charge in [0.15, 0.2) is 0 Å². The van der Waals surface area contributed by atoms with Crippen molar-refractivity contribution < 1.29 is 19.2 Å².